The maximum Gasteiger partial charge on any atom is 0.159 e. The molecule has 2 aromatic rings. The average molecular weight is 475 g/mol. The van der Waals surface area contributed by atoms with Gasteiger partial charge in [0.15, 0.2) is 5.82 Å². The minimum Gasteiger partial charge on any atom is -0.490 e. The number of benzene rings is 1. The van der Waals surface area contributed by atoms with Crippen molar-refractivity contribution < 1.29 is 13.5 Å². The van der Waals surface area contributed by atoms with E-state index in [1.807, 2.05) is 18.2 Å². The summed E-state index contributed by atoms with van der Waals surface area (Å²) < 4.78 is 34.9. The number of halogens is 2. The van der Waals surface area contributed by atoms with Crippen LogP contribution in [0.5, 0.6) is 5.75 Å². The third-order valence-corrected chi connectivity index (χ3v) is 6.27. The Morgan fingerprint density at radius 2 is 1.38 bits per heavy atom. The third kappa shape index (κ3) is 11.4. The Balaban J connectivity index is 1.92. The van der Waals surface area contributed by atoms with E-state index in [1.54, 1.807) is 18.5 Å². The van der Waals surface area contributed by atoms with E-state index in [1.165, 1.54) is 25.7 Å². The molecule has 1 aromatic heterocycles. The van der Waals surface area contributed by atoms with Gasteiger partial charge in [0.1, 0.15) is 24.7 Å². The molecule has 2 atom stereocenters. The lowest BCUT2D eigenvalue weighted by Crippen LogP contribution is -2.14. The summed E-state index contributed by atoms with van der Waals surface area (Å²) in [4.78, 5) is 8.64. The molecule has 0 aliphatic carbocycles. The molecule has 0 aliphatic rings. The Kier molecular flexibility index (Phi) is 14.4. The van der Waals surface area contributed by atoms with Crippen LogP contribution in [0.15, 0.2) is 36.7 Å². The first kappa shape index (κ1) is 28.2. The largest absolute Gasteiger partial charge is 0.490 e. The van der Waals surface area contributed by atoms with Gasteiger partial charge in [-0.25, -0.2) is 18.7 Å². The first-order valence-electron chi connectivity index (χ1n) is 13.4. The van der Waals surface area contributed by atoms with Crippen LogP contribution in [0.4, 0.5) is 8.78 Å². The predicted octanol–water partition coefficient (Wildman–Crippen LogP) is 8.85. The summed E-state index contributed by atoms with van der Waals surface area (Å²) in [7, 11) is 0. The highest BCUT2D eigenvalue weighted by Crippen LogP contribution is 2.28. The van der Waals surface area contributed by atoms with E-state index in [9.17, 15) is 8.78 Å². The van der Waals surface area contributed by atoms with Gasteiger partial charge in [0.2, 0.25) is 0 Å². The molecule has 0 unspecified atom stereocenters. The maximum atomic E-state index is 14.5. The van der Waals surface area contributed by atoms with E-state index in [2.05, 4.69) is 23.8 Å². The number of unbranched alkanes of at least 4 members (excludes halogenated alkanes) is 8. The van der Waals surface area contributed by atoms with Crippen molar-refractivity contribution in [3.63, 3.8) is 0 Å². The van der Waals surface area contributed by atoms with Crippen molar-refractivity contribution in [1.29, 1.82) is 0 Å². The van der Waals surface area contributed by atoms with E-state index in [0.717, 1.165) is 49.7 Å². The molecule has 0 spiro atoms. The second kappa shape index (κ2) is 17.4. The van der Waals surface area contributed by atoms with Gasteiger partial charge in [-0.05, 0) is 55.5 Å². The van der Waals surface area contributed by atoms with Crippen molar-refractivity contribution in [2.75, 3.05) is 6.61 Å². The van der Waals surface area contributed by atoms with Crippen LogP contribution in [0.25, 0.3) is 11.4 Å². The molecule has 0 radical (unpaired) electrons. The van der Waals surface area contributed by atoms with Gasteiger partial charge in [-0.2, -0.15) is 0 Å². The van der Waals surface area contributed by atoms with E-state index < -0.39 is 12.3 Å². The van der Waals surface area contributed by atoms with Crippen LogP contribution in [0.3, 0.4) is 0 Å². The molecule has 0 aliphatic heterocycles. The Hall–Kier alpha value is -2.04. The minimum absolute atomic E-state index is 0.0409. The molecule has 3 nitrogen and oxygen atoms in total. The molecular formula is C29H44F2N2O. The van der Waals surface area contributed by atoms with Gasteiger partial charge < -0.3 is 4.74 Å². The van der Waals surface area contributed by atoms with E-state index in [-0.39, 0.29) is 6.61 Å². The van der Waals surface area contributed by atoms with E-state index in [4.69, 9.17) is 4.74 Å². The Bertz CT molecular complexity index is 772. The quantitative estimate of drug-likeness (QED) is 0.191. The SMILES string of the molecule is CCCCCCCC[C@H](F)COc1ccc(-c2ncccn2)cc1CC[C@@H](F)CCCCCC. The zero-order valence-corrected chi connectivity index (χ0v) is 21.3. The molecule has 0 fully saturated rings. The second-order valence-corrected chi connectivity index (χ2v) is 9.34. The Morgan fingerprint density at radius 1 is 0.765 bits per heavy atom. The molecule has 0 bridgehead atoms. The summed E-state index contributed by atoms with van der Waals surface area (Å²) in [5.41, 5.74) is 1.76. The monoisotopic (exact) mass is 474 g/mol. The average Bonchev–Trinajstić information content (AvgIpc) is 2.87. The Morgan fingerprint density at radius 3 is 2.09 bits per heavy atom. The lowest BCUT2D eigenvalue weighted by atomic mass is 10.0. The molecule has 5 heteroatoms. The summed E-state index contributed by atoms with van der Waals surface area (Å²) in [6.45, 7) is 4.40. The lowest BCUT2D eigenvalue weighted by molar-refractivity contribution is 0.182. The fourth-order valence-electron chi connectivity index (χ4n) is 4.16. The molecule has 1 heterocycles. The van der Waals surface area contributed by atoms with Gasteiger partial charge in [0.05, 0.1) is 0 Å². The summed E-state index contributed by atoms with van der Waals surface area (Å²) >= 11 is 0. The zero-order chi connectivity index (χ0) is 24.4. The van der Waals surface area contributed by atoms with Crippen LogP contribution in [-0.2, 0) is 6.42 Å². The predicted molar refractivity (Wildman–Crippen MR) is 138 cm³/mol. The third-order valence-electron chi connectivity index (χ3n) is 6.27. The number of rotatable bonds is 19. The van der Waals surface area contributed by atoms with Crippen molar-refractivity contribution in [2.45, 2.75) is 116 Å². The molecule has 34 heavy (non-hydrogen) atoms. The number of nitrogens with zero attached hydrogens (tertiary/aromatic N) is 2. The Labute approximate surface area is 205 Å². The van der Waals surface area contributed by atoms with Gasteiger partial charge in [0.25, 0.3) is 0 Å². The maximum absolute atomic E-state index is 14.5. The molecule has 0 amide bonds. The number of hydrogen-bond donors (Lipinski definition) is 0. The van der Waals surface area contributed by atoms with Gasteiger partial charge in [-0.1, -0.05) is 78.1 Å². The molecule has 2 rings (SSSR count). The minimum atomic E-state index is -0.983. The molecular weight excluding hydrogens is 430 g/mol. The van der Waals surface area contributed by atoms with E-state index >= 15 is 0 Å². The van der Waals surface area contributed by atoms with Crippen LogP contribution in [-0.4, -0.2) is 28.9 Å². The van der Waals surface area contributed by atoms with Crippen LogP contribution < -0.4 is 4.74 Å². The summed E-state index contributed by atoms with van der Waals surface area (Å²) in [6, 6.07) is 7.49. The van der Waals surface area contributed by atoms with E-state index in [0.29, 0.717) is 37.3 Å². The van der Waals surface area contributed by atoms with Gasteiger partial charge >= 0.3 is 0 Å². The van der Waals surface area contributed by atoms with Crippen LogP contribution in [0.2, 0.25) is 0 Å². The molecule has 0 N–H and O–H groups in total. The topological polar surface area (TPSA) is 35.0 Å². The van der Waals surface area contributed by atoms with Crippen molar-refractivity contribution in [1.82, 2.24) is 9.97 Å². The van der Waals surface area contributed by atoms with Crippen LogP contribution in [0.1, 0.15) is 103 Å². The lowest BCUT2D eigenvalue weighted by Gasteiger charge is -2.16. The first-order valence-corrected chi connectivity index (χ1v) is 13.4. The smallest absolute Gasteiger partial charge is 0.159 e. The number of aryl methyl sites for hydroxylation is 1. The molecule has 1 aromatic carbocycles. The summed E-state index contributed by atoms with van der Waals surface area (Å²) in [5.74, 6) is 1.27. The normalized spacial score (nSPS) is 13.1. The number of aromatic nitrogens is 2. The molecule has 0 saturated carbocycles. The number of hydrogen-bond acceptors (Lipinski definition) is 3. The highest BCUT2D eigenvalue weighted by atomic mass is 19.1. The van der Waals surface area contributed by atoms with Crippen molar-refractivity contribution >= 4 is 0 Å². The number of alkyl halides is 2. The van der Waals surface area contributed by atoms with Crippen molar-refractivity contribution in [3.8, 4) is 17.1 Å². The highest BCUT2D eigenvalue weighted by molar-refractivity contribution is 5.58. The molecule has 0 saturated heterocycles. The van der Waals surface area contributed by atoms with Gasteiger partial charge in [0, 0.05) is 18.0 Å². The fraction of sp³-hybridized carbons (Fsp3) is 0.655. The first-order chi connectivity index (χ1) is 16.6. The van der Waals surface area contributed by atoms with Crippen molar-refractivity contribution in [3.05, 3.63) is 42.2 Å². The highest BCUT2D eigenvalue weighted by Gasteiger charge is 2.14. The van der Waals surface area contributed by atoms with Crippen LogP contribution in [0, 0.1) is 0 Å². The van der Waals surface area contributed by atoms with Crippen molar-refractivity contribution in [2.24, 2.45) is 0 Å². The number of ether oxygens (including phenoxy) is 1. The summed E-state index contributed by atoms with van der Waals surface area (Å²) in [6.07, 6.45) is 14.9. The standard InChI is InChI=1S/C29H44F2N2O/c1-3-5-7-9-10-12-15-27(31)23-34-28-19-17-25(29-32-20-13-21-33-29)22-24(28)16-18-26(30)14-11-8-6-4-2/h13,17,19-22,26-27H,3-12,14-16,18,23H2,1-2H3/t26-,27-/m0/s1. The molecule has 190 valence electrons. The van der Waals surface area contributed by atoms with Crippen LogP contribution >= 0.6 is 0 Å². The van der Waals surface area contributed by atoms with Gasteiger partial charge in [-0.3, -0.25) is 0 Å². The summed E-state index contributed by atoms with van der Waals surface area (Å²) in [5, 5.41) is 0. The second-order valence-electron chi connectivity index (χ2n) is 9.34. The fourth-order valence-corrected chi connectivity index (χ4v) is 4.16. The zero-order valence-electron chi connectivity index (χ0n) is 21.3. The van der Waals surface area contributed by atoms with Gasteiger partial charge in [-0.15, -0.1) is 0 Å².